The van der Waals surface area contributed by atoms with Gasteiger partial charge in [0, 0.05) is 12.6 Å². The number of nitrogens with one attached hydrogen (secondary N) is 2. The van der Waals surface area contributed by atoms with E-state index in [2.05, 4.69) is 25.7 Å². The number of rotatable bonds is 2. The molecule has 3 heterocycles. The average molecular weight is 276 g/mol. The van der Waals surface area contributed by atoms with Crippen LogP contribution in [0.15, 0.2) is 24.8 Å². The lowest BCUT2D eigenvalue weighted by atomic mass is 10.1. The highest BCUT2D eigenvalue weighted by Gasteiger charge is 2.21. The molecule has 0 saturated heterocycles. The minimum absolute atomic E-state index is 0.0471. The number of aromatic nitrogens is 4. The Hall–Kier alpha value is -2.51. The van der Waals surface area contributed by atoms with Gasteiger partial charge in [0.1, 0.15) is 12.2 Å². The lowest BCUT2D eigenvalue weighted by Gasteiger charge is -2.23. The van der Waals surface area contributed by atoms with Crippen LogP contribution in [-0.2, 0) is 13.0 Å². The SMILES string of the molecule is O=C(Nc1ccncc1F)NC1CCc2ncnn2C1. The van der Waals surface area contributed by atoms with Crippen LogP contribution in [0.1, 0.15) is 12.2 Å². The Morgan fingerprint density at radius 1 is 1.50 bits per heavy atom. The smallest absolute Gasteiger partial charge is 0.319 e. The Balaban J connectivity index is 1.59. The van der Waals surface area contributed by atoms with Crippen molar-refractivity contribution in [1.82, 2.24) is 25.1 Å². The molecule has 0 bridgehead atoms. The van der Waals surface area contributed by atoms with Gasteiger partial charge in [0.25, 0.3) is 0 Å². The van der Waals surface area contributed by atoms with Crippen LogP contribution in [-0.4, -0.2) is 31.8 Å². The van der Waals surface area contributed by atoms with E-state index >= 15 is 0 Å². The molecule has 0 saturated carbocycles. The van der Waals surface area contributed by atoms with E-state index in [1.807, 2.05) is 0 Å². The van der Waals surface area contributed by atoms with Crippen LogP contribution in [0.4, 0.5) is 14.9 Å². The van der Waals surface area contributed by atoms with E-state index in [1.54, 1.807) is 4.68 Å². The molecule has 1 aliphatic rings. The van der Waals surface area contributed by atoms with Crippen molar-refractivity contribution in [1.29, 1.82) is 0 Å². The van der Waals surface area contributed by atoms with Crippen molar-refractivity contribution in [2.75, 3.05) is 5.32 Å². The standard InChI is InChI=1S/C12H13FN6O/c13-9-5-14-4-3-10(9)18-12(20)17-8-1-2-11-15-7-16-19(11)6-8/h3-5,7-8H,1-2,6H2,(H2,14,17,18,20). The number of anilines is 1. The summed E-state index contributed by atoms with van der Waals surface area (Å²) in [5.74, 6) is 0.355. The Kier molecular flexibility index (Phi) is 3.28. The van der Waals surface area contributed by atoms with Gasteiger partial charge in [-0.3, -0.25) is 4.98 Å². The molecule has 104 valence electrons. The number of amides is 2. The first-order valence-electron chi connectivity index (χ1n) is 6.26. The van der Waals surface area contributed by atoms with E-state index < -0.39 is 11.8 Å². The fraction of sp³-hybridized carbons (Fsp3) is 0.333. The number of halogens is 1. The number of nitrogens with zero attached hydrogens (tertiary/aromatic N) is 4. The summed E-state index contributed by atoms with van der Waals surface area (Å²) < 4.78 is 15.1. The first-order chi connectivity index (χ1) is 9.72. The van der Waals surface area contributed by atoms with Crippen molar-refractivity contribution in [3.8, 4) is 0 Å². The number of aryl methyl sites for hydroxylation is 1. The summed E-state index contributed by atoms with van der Waals surface area (Å²) >= 11 is 0. The summed E-state index contributed by atoms with van der Waals surface area (Å²) in [6.07, 6.45) is 5.52. The first kappa shape index (κ1) is 12.5. The molecule has 1 unspecified atom stereocenters. The van der Waals surface area contributed by atoms with Crippen molar-refractivity contribution >= 4 is 11.7 Å². The van der Waals surface area contributed by atoms with Crippen molar-refractivity contribution < 1.29 is 9.18 Å². The Morgan fingerprint density at radius 2 is 2.40 bits per heavy atom. The maximum absolute atomic E-state index is 13.4. The third kappa shape index (κ3) is 2.58. The molecule has 0 radical (unpaired) electrons. The second kappa shape index (κ2) is 5.24. The van der Waals surface area contributed by atoms with E-state index in [4.69, 9.17) is 0 Å². The quantitative estimate of drug-likeness (QED) is 0.855. The molecule has 2 aromatic heterocycles. The molecule has 1 aliphatic heterocycles. The maximum Gasteiger partial charge on any atom is 0.319 e. The number of carbonyl (C=O) groups is 1. The molecule has 2 N–H and O–H groups in total. The third-order valence-electron chi connectivity index (χ3n) is 3.16. The zero-order chi connectivity index (χ0) is 13.9. The van der Waals surface area contributed by atoms with Crippen LogP contribution < -0.4 is 10.6 Å². The lowest BCUT2D eigenvalue weighted by Crippen LogP contribution is -2.43. The number of hydrogen-bond acceptors (Lipinski definition) is 4. The first-order valence-corrected chi connectivity index (χ1v) is 6.26. The Bertz CT molecular complexity index is 628. The van der Waals surface area contributed by atoms with E-state index in [1.165, 1.54) is 18.6 Å². The minimum Gasteiger partial charge on any atom is -0.333 e. The van der Waals surface area contributed by atoms with Crippen LogP contribution >= 0.6 is 0 Å². The number of fused-ring (bicyclic) bond motifs is 1. The van der Waals surface area contributed by atoms with Gasteiger partial charge in [-0.15, -0.1) is 0 Å². The highest BCUT2D eigenvalue weighted by molar-refractivity contribution is 5.89. The van der Waals surface area contributed by atoms with Gasteiger partial charge in [-0.05, 0) is 12.5 Å². The normalized spacial score (nSPS) is 17.4. The van der Waals surface area contributed by atoms with Gasteiger partial charge < -0.3 is 10.6 Å². The van der Waals surface area contributed by atoms with Crippen LogP contribution in [0, 0.1) is 5.82 Å². The Morgan fingerprint density at radius 3 is 3.25 bits per heavy atom. The summed E-state index contributed by atoms with van der Waals surface area (Å²) in [4.78, 5) is 19.6. The monoisotopic (exact) mass is 276 g/mol. The van der Waals surface area contributed by atoms with E-state index in [-0.39, 0.29) is 11.7 Å². The van der Waals surface area contributed by atoms with Crippen LogP contribution in [0.5, 0.6) is 0 Å². The predicted molar refractivity (Wildman–Crippen MR) is 68.5 cm³/mol. The summed E-state index contributed by atoms with van der Waals surface area (Å²) in [6.45, 7) is 0.571. The second-order valence-electron chi connectivity index (χ2n) is 4.55. The average Bonchev–Trinajstić information content (AvgIpc) is 2.89. The summed E-state index contributed by atoms with van der Waals surface area (Å²) in [7, 11) is 0. The van der Waals surface area contributed by atoms with E-state index in [9.17, 15) is 9.18 Å². The van der Waals surface area contributed by atoms with Gasteiger partial charge in [-0.25, -0.2) is 18.9 Å². The van der Waals surface area contributed by atoms with E-state index in [0.29, 0.717) is 6.54 Å². The number of carbonyl (C=O) groups excluding carboxylic acids is 1. The highest BCUT2D eigenvalue weighted by Crippen LogP contribution is 2.13. The molecule has 2 aromatic rings. The zero-order valence-electron chi connectivity index (χ0n) is 10.6. The van der Waals surface area contributed by atoms with E-state index in [0.717, 1.165) is 24.9 Å². The second-order valence-corrected chi connectivity index (χ2v) is 4.55. The number of urea groups is 1. The fourth-order valence-electron chi connectivity index (χ4n) is 2.18. The molecule has 2 amide bonds. The largest absolute Gasteiger partial charge is 0.333 e. The summed E-state index contributed by atoms with van der Waals surface area (Å²) in [6, 6.07) is 0.920. The molecule has 0 spiro atoms. The van der Waals surface area contributed by atoms with Crippen LogP contribution in [0.25, 0.3) is 0 Å². The van der Waals surface area contributed by atoms with Gasteiger partial charge in [0.15, 0.2) is 5.82 Å². The van der Waals surface area contributed by atoms with Crippen molar-refractivity contribution in [2.24, 2.45) is 0 Å². The Labute approximate surface area is 114 Å². The van der Waals surface area contributed by atoms with Gasteiger partial charge in [-0.1, -0.05) is 0 Å². The van der Waals surface area contributed by atoms with Crippen LogP contribution in [0.3, 0.4) is 0 Å². The maximum atomic E-state index is 13.4. The van der Waals surface area contributed by atoms with Gasteiger partial charge >= 0.3 is 6.03 Å². The summed E-state index contributed by atoms with van der Waals surface area (Å²) in [5.41, 5.74) is 0.106. The predicted octanol–water partition coefficient (Wildman–Crippen LogP) is 0.949. The van der Waals surface area contributed by atoms with Crippen LogP contribution in [0.2, 0.25) is 0 Å². The highest BCUT2D eigenvalue weighted by atomic mass is 19.1. The number of hydrogen-bond donors (Lipinski definition) is 2. The molecule has 0 aromatic carbocycles. The number of pyridine rings is 1. The molecule has 8 heteroatoms. The van der Waals surface area contributed by atoms with Gasteiger partial charge in [-0.2, -0.15) is 5.10 Å². The van der Waals surface area contributed by atoms with Crippen molar-refractivity contribution in [3.63, 3.8) is 0 Å². The lowest BCUT2D eigenvalue weighted by molar-refractivity contribution is 0.243. The molecular formula is C12H13FN6O. The third-order valence-corrected chi connectivity index (χ3v) is 3.16. The minimum atomic E-state index is -0.565. The topological polar surface area (TPSA) is 84.7 Å². The molecule has 0 fully saturated rings. The molecule has 1 atom stereocenters. The fourth-order valence-corrected chi connectivity index (χ4v) is 2.18. The molecule has 7 nitrogen and oxygen atoms in total. The zero-order valence-corrected chi connectivity index (χ0v) is 10.6. The van der Waals surface area contributed by atoms with Gasteiger partial charge in [0.2, 0.25) is 0 Å². The van der Waals surface area contributed by atoms with Crippen molar-refractivity contribution in [3.05, 3.63) is 36.4 Å². The summed E-state index contributed by atoms with van der Waals surface area (Å²) in [5, 5.41) is 9.34. The molecule has 3 rings (SSSR count). The molecular weight excluding hydrogens is 263 g/mol. The van der Waals surface area contributed by atoms with Crippen molar-refractivity contribution in [2.45, 2.75) is 25.4 Å². The van der Waals surface area contributed by atoms with Gasteiger partial charge in [0.05, 0.1) is 24.5 Å². The molecule has 20 heavy (non-hydrogen) atoms. The molecule has 0 aliphatic carbocycles.